The SMILES string of the molecule is Nc1c(C(=O)Nc2cc(F)ccc2Cl)sc2ccccc12. The van der Waals surface area contributed by atoms with Crippen molar-refractivity contribution in [2.45, 2.75) is 0 Å². The van der Waals surface area contributed by atoms with Crippen molar-refractivity contribution in [1.82, 2.24) is 0 Å². The zero-order chi connectivity index (χ0) is 15.0. The van der Waals surface area contributed by atoms with Gasteiger partial charge in [-0.05, 0) is 24.3 Å². The maximum Gasteiger partial charge on any atom is 0.267 e. The summed E-state index contributed by atoms with van der Waals surface area (Å²) in [6.07, 6.45) is 0. The quantitative estimate of drug-likeness (QED) is 0.729. The highest BCUT2D eigenvalue weighted by Crippen LogP contribution is 2.34. The third-order valence-electron chi connectivity index (χ3n) is 3.02. The van der Waals surface area contributed by atoms with Crippen LogP contribution in [0.2, 0.25) is 5.02 Å². The van der Waals surface area contributed by atoms with Crippen molar-refractivity contribution in [2.75, 3.05) is 11.1 Å². The van der Waals surface area contributed by atoms with Crippen LogP contribution in [-0.4, -0.2) is 5.91 Å². The first-order valence-corrected chi connectivity index (χ1v) is 7.29. The van der Waals surface area contributed by atoms with Gasteiger partial charge in [0.05, 0.1) is 16.4 Å². The maximum absolute atomic E-state index is 13.2. The molecule has 3 nitrogen and oxygen atoms in total. The second kappa shape index (κ2) is 5.35. The summed E-state index contributed by atoms with van der Waals surface area (Å²) < 4.78 is 14.1. The smallest absolute Gasteiger partial charge is 0.267 e. The van der Waals surface area contributed by atoms with Crippen LogP contribution in [0.15, 0.2) is 42.5 Å². The second-order valence-electron chi connectivity index (χ2n) is 4.42. The number of amides is 1. The summed E-state index contributed by atoms with van der Waals surface area (Å²) >= 11 is 7.22. The molecular formula is C15H10ClFN2OS. The highest BCUT2D eigenvalue weighted by atomic mass is 35.5. The molecule has 0 saturated carbocycles. The molecule has 0 fully saturated rings. The Balaban J connectivity index is 1.97. The van der Waals surface area contributed by atoms with Gasteiger partial charge in [0.1, 0.15) is 10.7 Å². The molecule has 0 unspecified atom stereocenters. The van der Waals surface area contributed by atoms with Crippen molar-refractivity contribution < 1.29 is 9.18 Å². The number of nitrogen functional groups attached to an aromatic ring is 1. The van der Waals surface area contributed by atoms with Gasteiger partial charge in [-0.3, -0.25) is 4.79 Å². The van der Waals surface area contributed by atoms with E-state index in [2.05, 4.69) is 5.32 Å². The van der Waals surface area contributed by atoms with E-state index in [4.69, 9.17) is 17.3 Å². The normalized spacial score (nSPS) is 10.8. The van der Waals surface area contributed by atoms with Crippen LogP contribution in [0.1, 0.15) is 9.67 Å². The van der Waals surface area contributed by atoms with Crippen molar-refractivity contribution in [2.24, 2.45) is 0 Å². The van der Waals surface area contributed by atoms with Gasteiger partial charge in [-0.15, -0.1) is 11.3 Å². The van der Waals surface area contributed by atoms with Crippen LogP contribution in [0, 0.1) is 5.82 Å². The Morgan fingerprint density at radius 3 is 2.76 bits per heavy atom. The Bertz CT molecular complexity index is 847. The lowest BCUT2D eigenvalue weighted by Crippen LogP contribution is -2.12. The van der Waals surface area contributed by atoms with Gasteiger partial charge >= 0.3 is 0 Å². The molecule has 0 aliphatic heterocycles. The van der Waals surface area contributed by atoms with Crippen LogP contribution in [0.5, 0.6) is 0 Å². The monoisotopic (exact) mass is 320 g/mol. The van der Waals surface area contributed by atoms with Gasteiger partial charge in [-0.1, -0.05) is 29.8 Å². The number of rotatable bonds is 2. The van der Waals surface area contributed by atoms with Gasteiger partial charge in [0, 0.05) is 10.1 Å². The van der Waals surface area contributed by atoms with Crippen LogP contribution in [0.4, 0.5) is 15.8 Å². The average molecular weight is 321 g/mol. The van der Waals surface area contributed by atoms with Crippen LogP contribution in [-0.2, 0) is 0 Å². The van der Waals surface area contributed by atoms with Crippen LogP contribution >= 0.6 is 22.9 Å². The van der Waals surface area contributed by atoms with Crippen molar-refractivity contribution in [3.8, 4) is 0 Å². The molecule has 21 heavy (non-hydrogen) atoms. The largest absolute Gasteiger partial charge is 0.397 e. The highest BCUT2D eigenvalue weighted by molar-refractivity contribution is 7.21. The molecule has 3 N–H and O–H groups in total. The topological polar surface area (TPSA) is 55.1 Å². The highest BCUT2D eigenvalue weighted by Gasteiger charge is 2.17. The van der Waals surface area contributed by atoms with E-state index in [0.717, 1.165) is 10.1 Å². The fraction of sp³-hybridized carbons (Fsp3) is 0. The Kier molecular flexibility index (Phi) is 3.53. The van der Waals surface area contributed by atoms with E-state index in [1.54, 1.807) is 0 Å². The second-order valence-corrected chi connectivity index (χ2v) is 5.88. The van der Waals surface area contributed by atoms with Crippen LogP contribution in [0.25, 0.3) is 10.1 Å². The number of benzene rings is 2. The molecule has 0 aliphatic rings. The number of carbonyl (C=O) groups is 1. The summed E-state index contributed by atoms with van der Waals surface area (Å²) in [5, 5.41) is 3.69. The number of halogens is 2. The Morgan fingerprint density at radius 1 is 1.24 bits per heavy atom. The molecule has 0 saturated heterocycles. The molecule has 1 heterocycles. The first kappa shape index (κ1) is 13.9. The molecule has 1 aromatic heterocycles. The van der Waals surface area contributed by atoms with Crippen molar-refractivity contribution in [3.05, 3.63) is 58.2 Å². The fourth-order valence-electron chi connectivity index (χ4n) is 2.01. The lowest BCUT2D eigenvalue weighted by atomic mass is 10.2. The Hall–Kier alpha value is -2.11. The first-order valence-electron chi connectivity index (χ1n) is 6.09. The molecule has 2 aromatic carbocycles. The average Bonchev–Trinajstić information content (AvgIpc) is 2.81. The molecule has 0 atom stereocenters. The first-order chi connectivity index (χ1) is 10.1. The summed E-state index contributed by atoms with van der Waals surface area (Å²) in [6, 6.07) is 11.3. The number of fused-ring (bicyclic) bond motifs is 1. The third-order valence-corrected chi connectivity index (χ3v) is 4.53. The molecule has 0 radical (unpaired) electrons. The molecule has 1 amide bonds. The molecule has 0 spiro atoms. The van der Waals surface area contributed by atoms with E-state index in [-0.39, 0.29) is 10.7 Å². The molecule has 0 bridgehead atoms. The number of hydrogen-bond donors (Lipinski definition) is 2. The minimum Gasteiger partial charge on any atom is -0.397 e. The molecule has 6 heteroatoms. The molecule has 3 rings (SSSR count). The lowest BCUT2D eigenvalue weighted by Gasteiger charge is -2.06. The van der Waals surface area contributed by atoms with Gasteiger partial charge in [0.15, 0.2) is 0 Å². The number of carbonyl (C=O) groups excluding carboxylic acids is 1. The van der Waals surface area contributed by atoms with Crippen molar-refractivity contribution in [1.29, 1.82) is 0 Å². The number of anilines is 2. The summed E-state index contributed by atoms with van der Waals surface area (Å²) in [6.45, 7) is 0. The standard InChI is InChI=1S/C15H10ClFN2OS/c16-10-6-5-8(17)7-11(10)19-15(20)14-13(18)9-3-1-2-4-12(9)21-14/h1-7H,18H2,(H,19,20). The Morgan fingerprint density at radius 2 is 2.00 bits per heavy atom. The summed E-state index contributed by atoms with van der Waals surface area (Å²) in [7, 11) is 0. The van der Waals surface area contributed by atoms with Gasteiger partial charge in [-0.2, -0.15) is 0 Å². The van der Waals surface area contributed by atoms with Crippen LogP contribution < -0.4 is 11.1 Å². The van der Waals surface area contributed by atoms with Crippen LogP contribution in [0.3, 0.4) is 0 Å². The zero-order valence-corrected chi connectivity index (χ0v) is 12.3. The summed E-state index contributed by atoms with van der Waals surface area (Å²) in [5.41, 5.74) is 6.64. The predicted octanol–water partition coefficient (Wildman–Crippen LogP) is 4.53. The Labute approximate surface area is 129 Å². The lowest BCUT2D eigenvalue weighted by molar-refractivity contribution is 0.103. The van der Waals surface area contributed by atoms with E-state index in [1.165, 1.54) is 29.5 Å². The summed E-state index contributed by atoms with van der Waals surface area (Å²) in [4.78, 5) is 12.7. The minimum atomic E-state index is -0.473. The van der Waals surface area contributed by atoms with E-state index in [9.17, 15) is 9.18 Å². The van der Waals surface area contributed by atoms with Gasteiger partial charge in [0.25, 0.3) is 5.91 Å². The van der Waals surface area contributed by atoms with Crippen molar-refractivity contribution >= 4 is 50.3 Å². The number of nitrogens with one attached hydrogen (secondary N) is 1. The van der Waals surface area contributed by atoms with E-state index >= 15 is 0 Å². The maximum atomic E-state index is 13.2. The molecule has 0 aliphatic carbocycles. The zero-order valence-electron chi connectivity index (χ0n) is 10.7. The van der Waals surface area contributed by atoms with E-state index in [1.807, 2.05) is 24.3 Å². The van der Waals surface area contributed by atoms with Gasteiger partial charge < -0.3 is 11.1 Å². The van der Waals surface area contributed by atoms with E-state index < -0.39 is 11.7 Å². The number of nitrogens with two attached hydrogens (primary N) is 1. The van der Waals surface area contributed by atoms with E-state index in [0.29, 0.717) is 10.6 Å². The van der Waals surface area contributed by atoms with Gasteiger partial charge in [0.2, 0.25) is 0 Å². The number of hydrogen-bond acceptors (Lipinski definition) is 3. The molecule has 3 aromatic rings. The molecule has 106 valence electrons. The van der Waals surface area contributed by atoms with Crippen molar-refractivity contribution in [3.63, 3.8) is 0 Å². The predicted molar refractivity (Wildman–Crippen MR) is 85.6 cm³/mol. The van der Waals surface area contributed by atoms with Gasteiger partial charge in [-0.25, -0.2) is 4.39 Å². The molecular weight excluding hydrogens is 311 g/mol. The number of thiophene rings is 1. The summed E-state index contributed by atoms with van der Waals surface area (Å²) in [5.74, 6) is -0.875. The fourth-order valence-corrected chi connectivity index (χ4v) is 3.19. The minimum absolute atomic E-state index is 0.221. The third kappa shape index (κ3) is 2.57.